The zero-order chi connectivity index (χ0) is 23.4. The van der Waals surface area contributed by atoms with E-state index in [0.717, 1.165) is 29.7 Å². The van der Waals surface area contributed by atoms with E-state index in [1.807, 2.05) is 42.2 Å². The van der Waals surface area contributed by atoms with Crippen LogP contribution in [0.25, 0.3) is 0 Å². The van der Waals surface area contributed by atoms with Gasteiger partial charge in [0.2, 0.25) is 0 Å². The van der Waals surface area contributed by atoms with E-state index in [1.165, 1.54) is 17.1 Å². The fourth-order valence-electron chi connectivity index (χ4n) is 4.64. The molecule has 0 aromatic heterocycles. The van der Waals surface area contributed by atoms with Gasteiger partial charge in [0.15, 0.2) is 0 Å². The third-order valence-corrected chi connectivity index (χ3v) is 6.26. The van der Waals surface area contributed by atoms with Crippen molar-refractivity contribution in [1.82, 2.24) is 9.91 Å². The van der Waals surface area contributed by atoms with Gasteiger partial charge in [0, 0.05) is 6.42 Å². The van der Waals surface area contributed by atoms with Crippen LogP contribution < -0.4 is 0 Å². The number of hydrogen-bond donors (Lipinski definition) is 0. The first-order chi connectivity index (χ1) is 16.0. The number of hydrogen-bond acceptors (Lipinski definition) is 5. The summed E-state index contributed by atoms with van der Waals surface area (Å²) in [6.07, 6.45) is 3.03. The molecule has 1 saturated heterocycles. The highest BCUT2D eigenvalue weighted by molar-refractivity contribution is 6.03. The highest BCUT2D eigenvalue weighted by Crippen LogP contribution is 2.33. The molecule has 4 rings (SSSR count). The first-order valence-electron chi connectivity index (χ1n) is 11.6. The lowest BCUT2D eigenvalue weighted by Gasteiger charge is -2.34. The van der Waals surface area contributed by atoms with Gasteiger partial charge in [0.25, 0.3) is 5.91 Å². The molecule has 0 aliphatic carbocycles. The second kappa shape index (κ2) is 10.3. The Balaban J connectivity index is 1.60. The van der Waals surface area contributed by atoms with E-state index >= 15 is 0 Å². The summed E-state index contributed by atoms with van der Waals surface area (Å²) in [4.78, 5) is 27.8. The molecular formula is C26H30FN3O3. The van der Waals surface area contributed by atoms with Gasteiger partial charge < -0.3 is 4.74 Å². The van der Waals surface area contributed by atoms with Gasteiger partial charge in [-0.15, -0.1) is 0 Å². The number of carbonyl (C=O) groups is 2. The van der Waals surface area contributed by atoms with Gasteiger partial charge in [-0.1, -0.05) is 48.4 Å². The van der Waals surface area contributed by atoms with Gasteiger partial charge >= 0.3 is 5.97 Å². The maximum Gasteiger partial charge on any atom is 0.323 e. The van der Waals surface area contributed by atoms with Crippen LogP contribution >= 0.6 is 0 Å². The number of aryl methyl sites for hydroxylation is 1. The molecule has 0 bridgehead atoms. The van der Waals surface area contributed by atoms with Crippen LogP contribution in [0.3, 0.4) is 0 Å². The van der Waals surface area contributed by atoms with Gasteiger partial charge in [0.1, 0.15) is 11.9 Å². The summed E-state index contributed by atoms with van der Waals surface area (Å²) in [7, 11) is 0. The SMILES string of the molecule is CCOC(=O)[C@H]1CCCCN1CC(=O)N1N=C(c2cccc(C)c2)C[C@@H]1c1cccc(F)c1. The van der Waals surface area contributed by atoms with Crippen LogP contribution in [0.15, 0.2) is 53.6 Å². The summed E-state index contributed by atoms with van der Waals surface area (Å²) in [5, 5.41) is 6.17. The Hall–Kier alpha value is -3.06. The highest BCUT2D eigenvalue weighted by Gasteiger charge is 2.37. The van der Waals surface area contributed by atoms with Crippen LogP contribution in [0.2, 0.25) is 0 Å². The van der Waals surface area contributed by atoms with Crippen LogP contribution in [0, 0.1) is 12.7 Å². The molecule has 0 unspecified atom stereocenters. The van der Waals surface area contributed by atoms with Crippen molar-refractivity contribution >= 4 is 17.6 Å². The number of hydrazone groups is 1. The van der Waals surface area contributed by atoms with Crippen molar-refractivity contribution in [3.8, 4) is 0 Å². The van der Waals surface area contributed by atoms with E-state index in [2.05, 4.69) is 0 Å². The minimum absolute atomic E-state index is 0.0693. The molecule has 2 aromatic carbocycles. The van der Waals surface area contributed by atoms with E-state index in [1.54, 1.807) is 13.0 Å². The number of nitrogens with zero attached hydrogens (tertiary/aromatic N) is 3. The Morgan fingerprint density at radius 1 is 1.15 bits per heavy atom. The Bertz CT molecular complexity index is 1050. The van der Waals surface area contributed by atoms with Gasteiger partial charge in [-0.25, -0.2) is 9.40 Å². The Morgan fingerprint density at radius 3 is 2.73 bits per heavy atom. The minimum Gasteiger partial charge on any atom is -0.465 e. The van der Waals surface area contributed by atoms with Crippen LogP contribution in [-0.4, -0.2) is 53.2 Å². The average molecular weight is 452 g/mol. The third kappa shape index (κ3) is 5.30. The van der Waals surface area contributed by atoms with Crippen molar-refractivity contribution in [2.24, 2.45) is 5.10 Å². The van der Waals surface area contributed by atoms with Crippen molar-refractivity contribution in [3.05, 3.63) is 71.0 Å². The average Bonchev–Trinajstić information content (AvgIpc) is 3.25. The summed E-state index contributed by atoms with van der Waals surface area (Å²) < 4.78 is 19.2. The lowest BCUT2D eigenvalue weighted by atomic mass is 9.97. The molecule has 33 heavy (non-hydrogen) atoms. The maximum atomic E-state index is 14.0. The first kappa shape index (κ1) is 23.1. The predicted molar refractivity (Wildman–Crippen MR) is 124 cm³/mol. The van der Waals surface area contributed by atoms with E-state index in [-0.39, 0.29) is 24.2 Å². The summed E-state index contributed by atoms with van der Waals surface area (Å²) in [5.74, 6) is -0.831. The lowest BCUT2D eigenvalue weighted by molar-refractivity contribution is -0.152. The number of carbonyl (C=O) groups excluding carboxylic acids is 2. The quantitative estimate of drug-likeness (QED) is 0.617. The number of esters is 1. The topological polar surface area (TPSA) is 62.2 Å². The molecule has 2 aliphatic rings. The third-order valence-electron chi connectivity index (χ3n) is 6.26. The van der Waals surface area contributed by atoms with Crippen molar-refractivity contribution in [2.45, 2.75) is 51.6 Å². The van der Waals surface area contributed by atoms with E-state index in [4.69, 9.17) is 9.84 Å². The van der Waals surface area contributed by atoms with Crippen LogP contribution in [-0.2, 0) is 14.3 Å². The first-order valence-corrected chi connectivity index (χ1v) is 11.6. The smallest absolute Gasteiger partial charge is 0.323 e. The fraction of sp³-hybridized carbons (Fsp3) is 0.423. The molecule has 0 saturated carbocycles. The molecule has 2 atom stereocenters. The van der Waals surface area contributed by atoms with Crippen LogP contribution in [0.4, 0.5) is 4.39 Å². The molecule has 6 nitrogen and oxygen atoms in total. The molecule has 2 aromatic rings. The molecule has 0 N–H and O–H groups in total. The number of benzene rings is 2. The second-order valence-corrected chi connectivity index (χ2v) is 8.66. The summed E-state index contributed by atoms with van der Waals surface area (Å²) in [6, 6.07) is 13.5. The van der Waals surface area contributed by atoms with E-state index in [0.29, 0.717) is 31.6 Å². The number of ether oxygens (including phenoxy) is 1. The number of likely N-dealkylation sites (tertiary alicyclic amines) is 1. The molecule has 7 heteroatoms. The van der Waals surface area contributed by atoms with Crippen molar-refractivity contribution in [2.75, 3.05) is 19.7 Å². The Kier molecular flexibility index (Phi) is 7.18. The van der Waals surface area contributed by atoms with Crippen molar-refractivity contribution in [3.63, 3.8) is 0 Å². The molecular weight excluding hydrogens is 421 g/mol. The molecule has 1 fully saturated rings. The standard InChI is InChI=1S/C26H30FN3O3/c1-3-33-26(32)23-12-4-5-13-29(23)17-25(31)30-24(20-10-7-11-21(27)15-20)16-22(28-30)19-9-6-8-18(2)14-19/h6-11,14-15,23-24H,3-5,12-13,16-17H2,1-2H3/t23-,24-/m1/s1. The Morgan fingerprint density at radius 2 is 1.97 bits per heavy atom. The number of halogens is 1. The molecule has 2 aliphatic heterocycles. The monoisotopic (exact) mass is 451 g/mol. The normalized spacial score (nSPS) is 21.1. The summed E-state index contributed by atoms with van der Waals surface area (Å²) >= 11 is 0. The molecule has 0 radical (unpaired) electrons. The summed E-state index contributed by atoms with van der Waals surface area (Å²) in [6.45, 7) is 4.83. The number of rotatable bonds is 6. The molecule has 0 spiro atoms. The number of amides is 1. The zero-order valence-corrected chi connectivity index (χ0v) is 19.2. The predicted octanol–water partition coefficient (Wildman–Crippen LogP) is 4.23. The highest BCUT2D eigenvalue weighted by atomic mass is 19.1. The second-order valence-electron chi connectivity index (χ2n) is 8.66. The fourth-order valence-corrected chi connectivity index (χ4v) is 4.64. The molecule has 1 amide bonds. The maximum absolute atomic E-state index is 14.0. The van der Waals surface area contributed by atoms with Gasteiger partial charge in [0.05, 0.1) is 24.9 Å². The van der Waals surface area contributed by atoms with Crippen LogP contribution in [0.1, 0.15) is 55.3 Å². The number of piperidine rings is 1. The van der Waals surface area contributed by atoms with Crippen molar-refractivity contribution in [1.29, 1.82) is 0 Å². The Labute approximate surface area is 194 Å². The van der Waals surface area contributed by atoms with Gasteiger partial charge in [-0.2, -0.15) is 5.10 Å². The molecule has 2 heterocycles. The van der Waals surface area contributed by atoms with E-state index in [9.17, 15) is 14.0 Å². The lowest BCUT2D eigenvalue weighted by Crippen LogP contribution is -2.49. The van der Waals surface area contributed by atoms with Crippen LogP contribution in [0.5, 0.6) is 0 Å². The largest absolute Gasteiger partial charge is 0.465 e. The summed E-state index contributed by atoms with van der Waals surface area (Å²) in [5.41, 5.74) is 3.55. The van der Waals surface area contributed by atoms with Gasteiger partial charge in [-0.3, -0.25) is 14.5 Å². The minimum atomic E-state index is -0.418. The molecule has 174 valence electrons. The zero-order valence-electron chi connectivity index (χ0n) is 19.2. The van der Waals surface area contributed by atoms with Gasteiger partial charge in [-0.05, 0) is 56.5 Å². The van der Waals surface area contributed by atoms with E-state index < -0.39 is 12.1 Å². The van der Waals surface area contributed by atoms with Crippen molar-refractivity contribution < 1.29 is 18.7 Å².